The minimum atomic E-state index is -0.618. The molecule has 1 atom stereocenters. The molecule has 5 rings (SSSR count). The van der Waals surface area contributed by atoms with Crippen molar-refractivity contribution in [2.75, 3.05) is 51.3 Å². The highest BCUT2D eigenvalue weighted by Crippen LogP contribution is 2.36. The molecule has 0 spiro atoms. The molecule has 180 valence electrons. The van der Waals surface area contributed by atoms with Gasteiger partial charge in [-0.25, -0.2) is 0 Å². The lowest BCUT2D eigenvalue weighted by Crippen LogP contribution is -2.46. The first-order valence-electron chi connectivity index (χ1n) is 11.7. The number of anilines is 1. The van der Waals surface area contributed by atoms with Crippen LogP contribution in [0.15, 0.2) is 18.2 Å². The standard InChI is InChI=1S/C25H29ClN4O4/c1-15-22(12-19-18-11-16(26)4-5-20(18)28-24(19)32)27-21-3-2-6-30(25(33)23(15)21)14-17(31)13-29-7-9-34-10-8-29/h4-5,11-12,17,27,31H,2-3,6-10,13-14H2,1H3,(H,28,32). The first-order valence-corrected chi connectivity index (χ1v) is 12.1. The highest BCUT2D eigenvalue weighted by Gasteiger charge is 2.30. The second kappa shape index (κ2) is 9.54. The number of carbonyl (C=O) groups excluding carboxylic acids is 2. The molecule has 1 unspecified atom stereocenters. The average molecular weight is 485 g/mol. The molecular weight excluding hydrogens is 456 g/mol. The van der Waals surface area contributed by atoms with Gasteiger partial charge in [-0.15, -0.1) is 0 Å². The number of fused-ring (bicyclic) bond motifs is 2. The predicted molar refractivity (Wildman–Crippen MR) is 131 cm³/mol. The Hall–Kier alpha value is -2.65. The topological polar surface area (TPSA) is 97.9 Å². The average Bonchev–Trinajstić information content (AvgIpc) is 3.23. The van der Waals surface area contributed by atoms with Crippen molar-refractivity contribution < 1.29 is 19.4 Å². The molecule has 2 amide bonds. The Labute approximate surface area is 203 Å². The third-order valence-electron chi connectivity index (χ3n) is 6.78. The number of ether oxygens (including phenoxy) is 1. The molecule has 0 saturated carbocycles. The van der Waals surface area contributed by atoms with Crippen molar-refractivity contribution in [3.05, 3.63) is 51.3 Å². The van der Waals surface area contributed by atoms with E-state index in [2.05, 4.69) is 15.2 Å². The Morgan fingerprint density at radius 1 is 1.21 bits per heavy atom. The fourth-order valence-corrected chi connectivity index (χ4v) is 5.20. The molecule has 1 fully saturated rings. The Morgan fingerprint density at radius 3 is 2.79 bits per heavy atom. The summed E-state index contributed by atoms with van der Waals surface area (Å²) in [6, 6.07) is 5.30. The van der Waals surface area contributed by atoms with Crippen LogP contribution in [-0.4, -0.2) is 83.7 Å². The van der Waals surface area contributed by atoms with E-state index in [1.165, 1.54) is 0 Å². The molecule has 2 aromatic rings. The van der Waals surface area contributed by atoms with Gasteiger partial charge in [0.2, 0.25) is 0 Å². The van der Waals surface area contributed by atoms with E-state index in [1.54, 1.807) is 29.2 Å². The summed E-state index contributed by atoms with van der Waals surface area (Å²) in [5.41, 5.74) is 5.07. The number of aromatic amines is 1. The van der Waals surface area contributed by atoms with Crippen molar-refractivity contribution in [3.8, 4) is 0 Å². The van der Waals surface area contributed by atoms with Crippen LogP contribution in [0.3, 0.4) is 0 Å². The molecule has 1 saturated heterocycles. The van der Waals surface area contributed by atoms with Crippen molar-refractivity contribution >= 4 is 40.8 Å². The first kappa shape index (κ1) is 23.1. The van der Waals surface area contributed by atoms with Crippen LogP contribution in [0.1, 0.15) is 39.3 Å². The van der Waals surface area contributed by atoms with Crippen LogP contribution < -0.4 is 5.32 Å². The van der Waals surface area contributed by atoms with Crippen molar-refractivity contribution in [2.24, 2.45) is 0 Å². The number of aliphatic hydroxyl groups excluding tert-OH is 1. The van der Waals surface area contributed by atoms with E-state index in [-0.39, 0.29) is 11.8 Å². The number of benzene rings is 1. The van der Waals surface area contributed by atoms with Crippen LogP contribution in [0.4, 0.5) is 5.69 Å². The summed E-state index contributed by atoms with van der Waals surface area (Å²) in [5, 5.41) is 14.1. The maximum Gasteiger partial charge on any atom is 0.256 e. The predicted octanol–water partition coefficient (Wildman–Crippen LogP) is 2.55. The Morgan fingerprint density at radius 2 is 2.00 bits per heavy atom. The van der Waals surface area contributed by atoms with Gasteiger partial charge in [0.1, 0.15) is 0 Å². The zero-order chi connectivity index (χ0) is 23.8. The number of carbonyl (C=O) groups is 2. The largest absolute Gasteiger partial charge is 0.390 e. The molecule has 34 heavy (non-hydrogen) atoms. The van der Waals surface area contributed by atoms with Gasteiger partial charge in [0.15, 0.2) is 0 Å². The Kier molecular flexibility index (Phi) is 6.48. The molecule has 0 aliphatic carbocycles. The van der Waals surface area contributed by atoms with Crippen molar-refractivity contribution in [2.45, 2.75) is 25.9 Å². The molecule has 9 heteroatoms. The van der Waals surface area contributed by atoms with Crippen LogP contribution in [-0.2, 0) is 16.0 Å². The van der Waals surface area contributed by atoms with Gasteiger partial charge in [-0.2, -0.15) is 0 Å². The fraction of sp³-hybridized carbons (Fsp3) is 0.440. The number of aryl methyl sites for hydroxylation is 1. The molecular formula is C25H29ClN4O4. The van der Waals surface area contributed by atoms with Crippen molar-refractivity contribution in [1.29, 1.82) is 0 Å². The Balaban J connectivity index is 1.38. The maximum absolute atomic E-state index is 13.5. The number of β-amino-alcohol motifs (C(OH)–C–C–N with tert-alkyl or cyclic N) is 1. The lowest BCUT2D eigenvalue weighted by Gasteiger charge is -2.31. The lowest BCUT2D eigenvalue weighted by atomic mass is 10.0. The summed E-state index contributed by atoms with van der Waals surface area (Å²) >= 11 is 6.16. The number of morpholine rings is 1. The molecule has 3 N–H and O–H groups in total. The molecule has 1 aromatic carbocycles. The second-order valence-corrected chi connectivity index (χ2v) is 9.58. The number of H-pyrrole nitrogens is 1. The molecule has 1 aromatic heterocycles. The Bertz CT molecular complexity index is 1150. The van der Waals surface area contributed by atoms with Crippen LogP contribution in [0, 0.1) is 6.92 Å². The van der Waals surface area contributed by atoms with Crippen LogP contribution in [0.2, 0.25) is 5.02 Å². The number of nitrogens with zero attached hydrogens (tertiary/aromatic N) is 2. The number of rotatable bonds is 5. The molecule has 8 nitrogen and oxygen atoms in total. The number of halogens is 1. The van der Waals surface area contributed by atoms with Gasteiger partial charge in [0.25, 0.3) is 11.8 Å². The minimum Gasteiger partial charge on any atom is -0.390 e. The quantitative estimate of drug-likeness (QED) is 0.567. The summed E-state index contributed by atoms with van der Waals surface area (Å²) < 4.78 is 5.37. The van der Waals surface area contributed by atoms with E-state index < -0.39 is 6.10 Å². The van der Waals surface area contributed by atoms with Gasteiger partial charge >= 0.3 is 0 Å². The van der Waals surface area contributed by atoms with Gasteiger partial charge in [0, 0.05) is 60.4 Å². The normalized spacial score (nSPS) is 20.8. The van der Waals surface area contributed by atoms with E-state index in [4.69, 9.17) is 16.3 Å². The molecule has 0 bridgehead atoms. The van der Waals surface area contributed by atoms with E-state index >= 15 is 0 Å². The minimum absolute atomic E-state index is 0.0776. The summed E-state index contributed by atoms with van der Waals surface area (Å²) in [6.45, 7) is 6.27. The number of aliphatic hydroxyl groups is 1. The van der Waals surface area contributed by atoms with E-state index in [9.17, 15) is 14.7 Å². The van der Waals surface area contributed by atoms with E-state index in [1.807, 2.05) is 6.92 Å². The number of aromatic nitrogens is 1. The molecule has 3 aliphatic rings. The highest BCUT2D eigenvalue weighted by atomic mass is 35.5. The number of hydrogen-bond acceptors (Lipinski definition) is 5. The maximum atomic E-state index is 13.5. The summed E-state index contributed by atoms with van der Waals surface area (Å²) in [7, 11) is 0. The van der Waals surface area contributed by atoms with Crippen molar-refractivity contribution in [1.82, 2.24) is 14.8 Å². The molecule has 3 aliphatic heterocycles. The van der Waals surface area contributed by atoms with E-state index in [0.29, 0.717) is 49.0 Å². The van der Waals surface area contributed by atoms with Gasteiger partial charge in [-0.05, 0) is 49.6 Å². The number of amides is 2. The van der Waals surface area contributed by atoms with Crippen LogP contribution in [0.5, 0.6) is 0 Å². The second-order valence-electron chi connectivity index (χ2n) is 9.14. The molecule has 4 heterocycles. The highest BCUT2D eigenvalue weighted by molar-refractivity contribution is 6.36. The fourth-order valence-electron chi connectivity index (χ4n) is 5.02. The number of nitrogens with one attached hydrogen (secondary N) is 2. The van der Waals surface area contributed by atoms with Crippen LogP contribution in [0.25, 0.3) is 11.6 Å². The van der Waals surface area contributed by atoms with Gasteiger partial charge < -0.3 is 25.0 Å². The van der Waals surface area contributed by atoms with Gasteiger partial charge in [-0.3, -0.25) is 14.5 Å². The summed E-state index contributed by atoms with van der Waals surface area (Å²) in [4.78, 5) is 33.4. The molecule has 0 radical (unpaired) electrons. The summed E-state index contributed by atoms with van der Waals surface area (Å²) in [6.07, 6.45) is 2.72. The third kappa shape index (κ3) is 4.51. The van der Waals surface area contributed by atoms with E-state index in [0.717, 1.165) is 54.1 Å². The van der Waals surface area contributed by atoms with Crippen LogP contribution >= 0.6 is 11.6 Å². The van der Waals surface area contributed by atoms with Gasteiger partial charge in [-0.1, -0.05) is 11.6 Å². The third-order valence-corrected chi connectivity index (χ3v) is 7.01. The zero-order valence-electron chi connectivity index (χ0n) is 19.2. The zero-order valence-corrected chi connectivity index (χ0v) is 20.0. The monoisotopic (exact) mass is 484 g/mol. The number of hydrogen-bond donors (Lipinski definition) is 3. The lowest BCUT2D eigenvalue weighted by molar-refractivity contribution is -0.110. The first-order chi connectivity index (χ1) is 16.4. The SMILES string of the molecule is Cc1c(C=C2C(=O)Nc3ccc(Cl)cc32)[nH]c2c1C(=O)N(CC(O)CN1CCOCC1)CCC2. The summed E-state index contributed by atoms with van der Waals surface area (Å²) in [5.74, 6) is -0.271. The van der Waals surface area contributed by atoms with Gasteiger partial charge in [0.05, 0.1) is 30.5 Å². The smallest absolute Gasteiger partial charge is 0.256 e. The van der Waals surface area contributed by atoms with Crippen molar-refractivity contribution in [3.63, 3.8) is 0 Å².